The smallest absolute Gasteiger partial charge is 0.262 e. The Labute approximate surface area is 191 Å². The van der Waals surface area contributed by atoms with Crippen molar-refractivity contribution in [3.05, 3.63) is 86.0 Å². The summed E-state index contributed by atoms with van der Waals surface area (Å²) in [6, 6.07) is 12.1. The van der Waals surface area contributed by atoms with Crippen LogP contribution >= 0.6 is 11.3 Å². The third kappa shape index (κ3) is 3.75. The normalized spacial score (nSPS) is 14.3. The van der Waals surface area contributed by atoms with Crippen molar-refractivity contribution < 1.29 is 4.74 Å². The van der Waals surface area contributed by atoms with Crippen molar-refractivity contribution in [1.82, 2.24) is 14.5 Å². The van der Waals surface area contributed by atoms with Crippen LogP contribution in [0.4, 0.5) is 0 Å². The number of hydrogen-bond acceptors (Lipinski definition) is 5. The molecule has 1 aliphatic heterocycles. The van der Waals surface area contributed by atoms with Gasteiger partial charge in [0, 0.05) is 17.6 Å². The Morgan fingerprint density at radius 1 is 1.19 bits per heavy atom. The standard InChI is InChI=1S/C26H25N3O2S/c1-4-21-14-22-25(32-21)28-24-19(8-10-29(24)26(22)30)13-18-11-16(2)23(17(3)12-18)31-15-20-7-5-6-9-27-20/h5-7,9,11-14H,4,8,10,15H2,1-3H3/b19-13+. The molecule has 1 aliphatic rings. The minimum absolute atomic E-state index is 0.0787. The van der Waals surface area contributed by atoms with Gasteiger partial charge in [-0.1, -0.05) is 13.0 Å². The van der Waals surface area contributed by atoms with E-state index in [1.807, 2.05) is 28.8 Å². The van der Waals surface area contributed by atoms with Gasteiger partial charge in [0.25, 0.3) is 5.56 Å². The minimum atomic E-state index is 0.0787. The third-order valence-corrected chi connectivity index (χ3v) is 7.03. The highest BCUT2D eigenvalue weighted by atomic mass is 32.1. The predicted octanol–water partition coefficient (Wildman–Crippen LogP) is 5.56. The van der Waals surface area contributed by atoms with Gasteiger partial charge in [0.05, 0.1) is 11.1 Å². The molecular formula is C26H25N3O2S. The summed E-state index contributed by atoms with van der Waals surface area (Å²) in [5.41, 5.74) is 5.35. The molecule has 0 fully saturated rings. The number of rotatable bonds is 5. The zero-order chi connectivity index (χ0) is 22.2. The highest BCUT2D eigenvalue weighted by molar-refractivity contribution is 7.18. The van der Waals surface area contributed by atoms with E-state index in [0.29, 0.717) is 13.2 Å². The Balaban J connectivity index is 1.46. The lowest BCUT2D eigenvalue weighted by atomic mass is 10.0. The maximum Gasteiger partial charge on any atom is 0.262 e. The number of nitrogens with zero attached hydrogens (tertiary/aromatic N) is 3. The molecule has 0 radical (unpaired) electrons. The van der Waals surface area contributed by atoms with Crippen molar-refractivity contribution in [2.24, 2.45) is 0 Å². The van der Waals surface area contributed by atoms with Gasteiger partial charge in [-0.3, -0.25) is 14.3 Å². The summed E-state index contributed by atoms with van der Waals surface area (Å²) >= 11 is 1.62. The van der Waals surface area contributed by atoms with Gasteiger partial charge in [-0.2, -0.15) is 0 Å². The molecule has 0 saturated carbocycles. The quantitative estimate of drug-likeness (QED) is 0.405. The molecule has 0 aliphatic carbocycles. The molecular weight excluding hydrogens is 418 g/mol. The Hall–Kier alpha value is -3.25. The Morgan fingerprint density at radius 3 is 2.72 bits per heavy atom. The van der Waals surface area contributed by atoms with E-state index in [-0.39, 0.29) is 5.56 Å². The second kappa shape index (κ2) is 8.36. The van der Waals surface area contributed by atoms with Crippen LogP contribution in [0.3, 0.4) is 0 Å². The Bertz CT molecular complexity index is 1380. The molecule has 0 saturated heterocycles. The first-order valence-corrected chi connectivity index (χ1v) is 11.7. The van der Waals surface area contributed by atoms with E-state index in [4.69, 9.17) is 9.72 Å². The minimum Gasteiger partial charge on any atom is -0.487 e. The zero-order valence-corrected chi connectivity index (χ0v) is 19.3. The number of aromatic nitrogens is 3. The summed E-state index contributed by atoms with van der Waals surface area (Å²) in [6.45, 7) is 7.37. The van der Waals surface area contributed by atoms with Crippen LogP contribution < -0.4 is 10.3 Å². The van der Waals surface area contributed by atoms with Crippen LogP contribution in [0, 0.1) is 13.8 Å². The van der Waals surface area contributed by atoms with Gasteiger partial charge in [-0.25, -0.2) is 4.98 Å². The second-order valence-electron chi connectivity index (χ2n) is 8.19. The van der Waals surface area contributed by atoms with Crippen LogP contribution in [0.25, 0.3) is 21.9 Å². The largest absolute Gasteiger partial charge is 0.487 e. The average molecular weight is 444 g/mol. The number of aryl methyl sites for hydroxylation is 3. The molecule has 0 unspecified atom stereocenters. The van der Waals surface area contributed by atoms with Crippen molar-refractivity contribution in [1.29, 1.82) is 0 Å². The number of allylic oxidation sites excluding steroid dienone is 1. The van der Waals surface area contributed by atoms with E-state index in [0.717, 1.165) is 62.6 Å². The topological polar surface area (TPSA) is 57.0 Å². The summed E-state index contributed by atoms with van der Waals surface area (Å²) < 4.78 is 7.90. The molecule has 1 aromatic carbocycles. The molecule has 4 heterocycles. The lowest BCUT2D eigenvalue weighted by Gasteiger charge is -2.13. The summed E-state index contributed by atoms with van der Waals surface area (Å²) in [5, 5.41) is 0.748. The van der Waals surface area contributed by atoms with Gasteiger partial charge in [-0.15, -0.1) is 11.3 Å². The van der Waals surface area contributed by atoms with Crippen molar-refractivity contribution >= 4 is 33.2 Å². The molecule has 0 amide bonds. The number of ether oxygens (including phenoxy) is 1. The highest BCUT2D eigenvalue weighted by Gasteiger charge is 2.22. The molecule has 4 aromatic rings. The molecule has 0 N–H and O–H groups in total. The number of thiophene rings is 1. The van der Waals surface area contributed by atoms with E-state index in [1.54, 1.807) is 17.5 Å². The van der Waals surface area contributed by atoms with Crippen molar-refractivity contribution in [3.8, 4) is 5.75 Å². The fraction of sp³-hybridized carbons (Fsp3) is 0.269. The monoisotopic (exact) mass is 443 g/mol. The third-order valence-electron chi connectivity index (χ3n) is 5.86. The van der Waals surface area contributed by atoms with Crippen LogP contribution in [-0.2, 0) is 19.6 Å². The van der Waals surface area contributed by atoms with Crippen molar-refractivity contribution in [2.45, 2.75) is 46.8 Å². The number of benzene rings is 1. The number of hydrogen-bond donors (Lipinski definition) is 0. The lowest BCUT2D eigenvalue weighted by molar-refractivity contribution is 0.297. The summed E-state index contributed by atoms with van der Waals surface area (Å²) in [7, 11) is 0. The zero-order valence-electron chi connectivity index (χ0n) is 18.5. The molecule has 0 spiro atoms. The molecule has 32 heavy (non-hydrogen) atoms. The first kappa shape index (κ1) is 20.6. The summed E-state index contributed by atoms with van der Waals surface area (Å²) in [4.78, 5) is 24.2. The highest BCUT2D eigenvalue weighted by Crippen LogP contribution is 2.32. The molecule has 3 aromatic heterocycles. The molecule has 6 heteroatoms. The first-order chi connectivity index (χ1) is 15.5. The van der Waals surface area contributed by atoms with E-state index in [2.05, 4.69) is 44.0 Å². The second-order valence-corrected chi connectivity index (χ2v) is 9.31. The van der Waals surface area contributed by atoms with E-state index in [9.17, 15) is 4.79 Å². The first-order valence-electron chi connectivity index (χ1n) is 10.9. The fourth-order valence-corrected chi connectivity index (χ4v) is 5.26. The van der Waals surface area contributed by atoms with Crippen molar-refractivity contribution in [3.63, 3.8) is 0 Å². The van der Waals surface area contributed by atoms with Gasteiger partial charge < -0.3 is 4.74 Å². The van der Waals surface area contributed by atoms with Gasteiger partial charge in [-0.05, 0) is 85.4 Å². The molecule has 0 bridgehead atoms. The average Bonchev–Trinajstić information content (AvgIpc) is 3.39. The fourth-order valence-electron chi connectivity index (χ4n) is 4.30. The maximum atomic E-state index is 13.0. The van der Waals surface area contributed by atoms with E-state index in [1.165, 1.54) is 4.88 Å². The van der Waals surface area contributed by atoms with Crippen LogP contribution in [0.2, 0.25) is 0 Å². The summed E-state index contributed by atoms with van der Waals surface area (Å²) in [5.74, 6) is 1.70. The number of pyridine rings is 1. The summed E-state index contributed by atoms with van der Waals surface area (Å²) in [6.07, 6.45) is 5.68. The molecule has 5 rings (SSSR count). The Kier molecular flexibility index (Phi) is 5.39. The number of fused-ring (bicyclic) bond motifs is 2. The van der Waals surface area contributed by atoms with E-state index >= 15 is 0 Å². The molecule has 0 atom stereocenters. The molecule has 162 valence electrons. The van der Waals surface area contributed by atoms with Crippen molar-refractivity contribution in [2.75, 3.05) is 0 Å². The van der Waals surface area contributed by atoms with Crippen LogP contribution in [0.5, 0.6) is 5.75 Å². The van der Waals surface area contributed by atoms with E-state index < -0.39 is 0 Å². The van der Waals surface area contributed by atoms with Gasteiger partial charge >= 0.3 is 0 Å². The van der Waals surface area contributed by atoms with Gasteiger partial charge in [0.2, 0.25) is 0 Å². The Morgan fingerprint density at radius 2 is 2.00 bits per heavy atom. The van der Waals surface area contributed by atoms with Crippen LogP contribution in [0.15, 0.2) is 47.4 Å². The SMILES string of the molecule is CCc1cc2c(=O)n3c(nc2s1)/C(=C/c1cc(C)c(OCc2ccccn2)c(C)c1)CC3. The van der Waals surface area contributed by atoms with Crippen LogP contribution in [-0.4, -0.2) is 14.5 Å². The predicted molar refractivity (Wildman–Crippen MR) is 130 cm³/mol. The lowest BCUT2D eigenvalue weighted by Crippen LogP contribution is -2.19. The molecule has 5 nitrogen and oxygen atoms in total. The van der Waals surface area contributed by atoms with Crippen LogP contribution in [0.1, 0.15) is 46.4 Å². The van der Waals surface area contributed by atoms with Gasteiger partial charge in [0.15, 0.2) is 0 Å². The maximum absolute atomic E-state index is 13.0. The van der Waals surface area contributed by atoms with Gasteiger partial charge in [0.1, 0.15) is 23.0 Å².